The normalized spacial score (nSPS) is 31.5. The summed E-state index contributed by atoms with van der Waals surface area (Å²) in [5, 5.41) is 15.9. The van der Waals surface area contributed by atoms with Crippen molar-refractivity contribution in [3.05, 3.63) is 20.9 Å². The number of azide groups is 2. The molecule has 1 aliphatic carbocycles. The Kier molecular flexibility index (Phi) is 3.30. The van der Waals surface area contributed by atoms with Gasteiger partial charge in [-0.05, 0) is 17.5 Å². The van der Waals surface area contributed by atoms with Gasteiger partial charge in [0.05, 0.1) is 6.04 Å². The highest BCUT2D eigenvalue weighted by molar-refractivity contribution is 5.85. The van der Waals surface area contributed by atoms with Crippen molar-refractivity contribution in [2.75, 3.05) is 0 Å². The lowest BCUT2D eigenvalue weighted by Crippen LogP contribution is -2.41. The van der Waals surface area contributed by atoms with E-state index in [2.05, 4.69) is 20.1 Å². The lowest BCUT2D eigenvalue weighted by Gasteiger charge is -2.26. The van der Waals surface area contributed by atoms with Crippen LogP contribution in [0.4, 0.5) is 0 Å². The van der Waals surface area contributed by atoms with Gasteiger partial charge in [0.15, 0.2) is 5.78 Å². The summed E-state index contributed by atoms with van der Waals surface area (Å²) >= 11 is 0. The fraction of sp³-hybridized carbons (Fsp3) is 0.833. The minimum Gasteiger partial charge on any atom is -0.385 e. The predicted molar refractivity (Wildman–Crippen MR) is 46.1 cm³/mol. The third-order valence-corrected chi connectivity index (χ3v) is 2.06. The molecule has 8 nitrogen and oxygen atoms in total. The molecule has 0 spiro atoms. The lowest BCUT2D eigenvalue weighted by atomic mass is 9.88. The van der Waals surface area contributed by atoms with Crippen LogP contribution < -0.4 is 0 Å². The van der Waals surface area contributed by atoms with Crippen molar-refractivity contribution in [1.82, 2.24) is 0 Å². The first kappa shape index (κ1) is 10.3. The highest BCUT2D eigenvalue weighted by Gasteiger charge is 2.34. The second-order valence-electron chi connectivity index (χ2n) is 2.98. The summed E-state index contributed by atoms with van der Waals surface area (Å²) in [6, 6.07) is -1.34. The smallest absolute Gasteiger partial charge is 0.162 e. The maximum absolute atomic E-state index is 11.1. The van der Waals surface area contributed by atoms with E-state index in [1.54, 1.807) is 0 Å². The van der Waals surface area contributed by atoms with Crippen molar-refractivity contribution in [3.63, 3.8) is 0 Å². The molecule has 1 rings (SSSR count). The number of ketones is 1. The molecule has 0 saturated heterocycles. The molecule has 1 aliphatic rings. The average Bonchev–Trinajstić information content (AvgIpc) is 2.14. The van der Waals surface area contributed by atoms with Gasteiger partial charge in [-0.3, -0.25) is 4.79 Å². The van der Waals surface area contributed by atoms with Crippen LogP contribution in [-0.2, 0) is 4.79 Å². The molecule has 1 N–H and O–H groups in total. The number of nitrogens with zero attached hydrogens (tertiary/aromatic N) is 6. The summed E-state index contributed by atoms with van der Waals surface area (Å²) in [7, 11) is 0. The zero-order chi connectivity index (χ0) is 10.6. The molecule has 0 bridgehead atoms. The highest BCUT2D eigenvalue weighted by atomic mass is 16.3. The number of aliphatic hydroxyl groups is 1. The van der Waals surface area contributed by atoms with Gasteiger partial charge in [-0.15, -0.1) is 0 Å². The predicted octanol–water partition coefficient (Wildman–Crippen LogP) is 1.07. The van der Waals surface area contributed by atoms with Crippen LogP contribution >= 0.6 is 0 Å². The van der Waals surface area contributed by atoms with E-state index in [-0.39, 0.29) is 12.8 Å². The quantitative estimate of drug-likeness (QED) is 0.401. The average molecular weight is 196 g/mol. The first-order valence-electron chi connectivity index (χ1n) is 3.98. The van der Waals surface area contributed by atoms with E-state index in [0.29, 0.717) is 0 Å². The molecule has 0 aliphatic heterocycles. The van der Waals surface area contributed by atoms with Crippen molar-refractivity contribution in [1.29, 1.82) is 0 Å². The summed E-state index contributed by atoms with van der Waals surface area (Å²) in [6.07, 6.45) is -1.06. The fourth-order valence-electron chi connectivity index (χ4n) is 1.40. The first-order chi connectivity index (χ1) is 6.69. The lowest BCUT2D eigenvalue weighted by molar-refractivity contribution is -0.130. The van der Waals surface area contributed by atoms with Crippen molar-refractivity contribution < 1.29 is 9.90 Å². The molecule has 8 heteroatoms. The number of carbonyl (C=O) groups is 1. The number of hydrogen-bond acceptors (Lipinski definition) is 4. The van der Waals surface area contributed by atoms with Gasteiger partial charge in [0.1, 0.15) is 6.10 Å². The van der Waals surface area contributed by atoms with E-state index in [0.717, 1.165) is 0 Å². The zero-order valence-electron chi connectivity index (χ0n) is 7.19. The van der Waals surface area contributed by atoms with Crippen LogP contribution in [0.1, 0.15) is 12.8 Å². The molecule has 0 radical (unpaired) electrons. The van der Waals surface area contributed by atoms with E-state index < -0.39 is 24.0 Å². The summed E-state index contributed by atoms with van der Waals surface area (Å²) in [5.74, 6) is -0.453. The number of rotatable bonds is 2. The summed E-state index contributed by atoms with van der Waals surface area (Å²) in [6.45, 7) is 0. The van der Waals surface area contributed by atoms with E-state index in [1.807, 2.05) is 0 Å². The van der Waals surface area contributed by atoms with Crippen LogP contribution in [0.2, 0.25) is 0 Å². The maximum atomic E-state index is 11.1. The van der Waals surface area contributed by atoms with Crippen LogP contribution in [0, 0.1) is 0 Å². The SMILES string of the molecule is [N-]=[N+]=N[C@H]1CC(=O)C(O)[C@@H](N=[N+]=[N-])C1. The van der Waals surface area contributed by atoms with Crippen LogP contribution in [0.3, 0.4) is 0 Å². The number of carbonyl (C=O) groups excluding carboxylic acids is 1. The molecule has 3 atom stereocenters. The van der Waals surface area contributed by atoms with Crippen molar-refractivity contribution in [3.8, 4) is 0 Å². The zero-order valence-corrected chi connectivity index (χ0v) is 7.19. The molecular weight excluding hydrogens is 188 g/mol. The Morgan fingerprint density at radius 1 is 1.36 bits per heavy atom. The third kappa shape index (κ3) is 2.14. The molecule has 0 aromatic heterocycles. The molecule has 14 heavy (non-hydrogen) atoms. The molecule has 1 saturated carbocycles. The van der Waals surface area contributed by atoms with Crippen LogP contribution in [0.5, 0.6) is 0 Å². The number of Topliss-reactive ketones (excluding diaryl/α,β-unsaturated/α-hetero) is 1. The van der Waals surface area contributed by atoms with E-state index in [1.165, 1.54) is 0 Å². The number of hydrogen-bond donors (Lipinski definition) is 1. The van der Waals surface area contributed by atoms with Crippen molar-refractivity contribution >= 4 is 5.78 Å². The third-order valence-electron chi connectivity index (χ3n) is 2.06. The number of aliphatic hydroxyl groups excluding tert-OH is 1. The Hall–Kier alpha value is -1.75. The molecule has 0 heterocycles. The van der Waals surface area contributed by atoms with Gasteiger partial charge in [-0.2, -0.15) is 0 Å². The van der Waals surface area contributed by atoms with Crippen LogP contribution in [-0.4, -0.2) is 29.1 Å². The Balaban J connectivity index is 2.80. The van der Waals surface area contributed by atoms with Gasteiger partial charge in [-0.1, -0.05) is 10.2 Å². The minimum atomic E-state index is -1.27. The van der Waals surface area contributed by atoms with E-state index >= 15 is 0 Å². The Morgan fingerprint density at radius 3 is 2.57 bits per heavy atom. The summed E-state index contributed by atoms with van der Waals surface area (Å²) in [5.41, 5.74) is 16.3. The van der Waals surface area contributed by atoms with Gasteiger partial charge < -0.3 is 5.11 Å². The van der Waals surface area contributed by atoms with E-state index in [4.69, 9.17) is 11.1 Å². The van der Waals surface area contributed by atoms with Crippen LogP contribution in [0.15, 0.2) is 10.2 Å². The molecule has 1 unspecified atom stereocenters. The minimum absolute atomic E-state index is 0.00265. The molecule has 0 amide bonds. The van der Waals surface area contributed by atoms with Crippen molar-refractivity contribution in [2.45, 2.75) is 31.0 Å². The van der Waals surface area contributed by atoms with E-state index in [9.17, 15) is 9.90 Å². The molecule has 74 valence electrons. The van der Waals surface area contributed by atoms with Gasteiger partial charge in [0, 0.05) is 22.3 Å². The molecule has 0 aromatic rings. The summed E-state index contributed by atoms with van der Waals surface area (Å²) in [4.78, 5) is 16.2. The molecular formula is C6H8N6O2. The highest BCUT2D eigenvalue weighted by Crippen LogP contribution is 2.21. The second kappa shape index (κ2) is 4.48. The first-order valence-corrected chi connectivity index (χ1v) is 3.98. The molecule has 0 aromatic carbocycles. The second-order valence-corrected chi connectivity index (χ2v) is 2.98. The monoisotopic (exact) mass is 196 g/mol. The molecule has 1 fully saturated rings. The van der Waals surface area contributed by atoms with Gasteiger partial charge >= 0.3 is 0 Å². The van der Waals surface area contributed by atoms with Crippen LogP contribution in [0.25, 0.3) is 20.9 Å². The van der Waals surface area contributed by atoms with Gasteiger partial charge in [0.2, 0.25) is 0 Å². The standard InChI is InChI=1S/C6H8N6O2/c7-11-9-3-1-4(10-12-8)6(14)5(13)2-3/h3-4,6,14H,1-2H2/t3-,4+,6?/m1/s1. The van der Waals surface area contributed by atoms with Crippen molar-refractivity contribution in [2.24, 2.45) is 10.2 Å². The Bertz CT molecular complexity index is 329. The summed E-state index contributed by atoms with van der Waals surface area (Å²) < 4.78 is 0. The largest absolute Gasteiger partial charge is 0.385 e. The Labute approximate surface area is 78.8 Å². The van der Waals surface area contributed by atoms with Gasteiger partial charge in [-0.25, -0.2) is 0 Å². The van der Waals surface area contributed by atoms with Gasteiger partial charge in [0.25, 0.3) is 0 Å². The topological polar surface area (TPSA) is 135 Å². The Morgan fingerprint density at radius 2 is 2.00 bits per heavy atom. The fourth-order valence-corrected chi connectivity index (χ4v) is 1.40. The maximum Gasteiger partial charge on any atom is 0.162 e.